The maximum Gasteiger partial charge on any atom is 0.255 e. The summed E-state index contributed by atoms with van der Waals surface area (Å²) in [6.07, 6.45) is 5.87. The van der Waals surface area contributed by atoms with Crippen LogP contribution in [-0.2, 0) is 11.3 Å². The second-order valence-electron chi connectivity index (χ2n) is 8.75. The molecule has 1 aliphatic rings. The molecule has 166 valence electrons. The molecular formula is C26H33BrN2O2. The van der Waals surface area contributed by atoms with Crippen LogP contribution in [-0.4, -0.2) is 29.8 Å². The first-order chi connectivity index (χ1) is 15.0. The second kappa shape index (κ2) is 11.5. The van der Waals surface area contributed by atoms with Crippen molar-refractivity contribution in [2.45, 2.75) is 58.9 Å². The van der Waals surface area contributed by atoms with Crippen LogP contribution in [0, 0.1) is 5.92 Å². The Morgan fingerprint density at radius 1 is 0.903 bits per heavy atom. The van der Waals surface area contributed by atoms with Crippen LogP contribution in [0.3, 0.4) is 0 Å². The molecule has 0 saturated carbocycles. The number of benzene rings is 2. The van der Waals surface area contributed by atoms with Gasteiger partial charge < -0.3 is 9.80 Å². The molecule has 2 aromatic rings. The summed E-state index contributed by atoms with van der Waals surface area (Å²) in [5.41, 5.74) is 2.65. The Bertz CT molecular complexity index is 896. The summed E-state index contributed by atoms with van der Waals surface area (Å²) in [6, 6.07) is 15.7. The molecule has 4 nitrogen and oxygen atoms in total. The highest BCUT2D eigenvalue weighted by atomic mass is 79.9. The first kappa shape index (κ1) is 23.5. The summed E-state index contributed by atoms with van der Waals surface area (Å²) < 4.78 is 0.813. The zero-order valence-corrected chi connectivity index (χ0v) is 20.2. The minimum atomic E-state index is 0.0272. The molecule has 2 aromatic carbocycles. The number of fused-ring (bicyclic) bond motifs is 1. The van der Waals surface area contributed by atoms with Gasteiger partial charge in [0.25, 0.3) is 5.91 Å². The molecule has 0 atom stereocenters. The smallest absolute Gasteiger partial charge is 0.255 e. The molecule has 0 aliphatic carbocycles. The van der Waals surface area contributed by atoms with Crippen LogP contribution in [0.15, 0.2) is 53.0 Å². The normalized spacial score (nSPS) is 15.7. The van der Waals surface area contributed by atoms with Crippen molar-refractivity contribution < 1.29 is 9.59 Å². The van der Waals surface area contributed by atoms with Gasteiger partial charge in [-0.3, -0.25) is 9.59 Å². The number of carbonyl (C=O) groups excluding carboxylic acids is 2. The summed E-state index contributed by atoms with van der Waals surface area (Å²) in [6.45, 7) is 6.12. The SMILES string of the molecule is CC(C)CC(=O)N1CCCCCCCN(C(=O)c2ccccc2Br)Cc2ccccc21. The first-order valence-corrected chi connectivity index (χ1v) is 12.2. The van der Waals surface area contributed by atoms with Gasteiger partial charge in [0.2, 0.25) is 5.91 Å². The number of amides is 2. The number of carbonyl (C=O) groups is 2. The van der Waals surface area contributed by atoms with Gasteiger partial charge in [0, 0.05) is 36.2 Å². The molecule has 0 fully saturated rings. The van der Waals surface area contributed by atoms with Gasteiger partial charge in [-0.15, -0.1) is 0 Å². The van der Waals surface area contributed by atoms with Gasteiger partial charge in [0.1, 0.15) is 0 Å². The van der Waals surface area contributed by atoms with E-state index >= 15 is 0 Å². The van der Waals surface area contributed by atoms with E-state index in [0.29, 0.717) is 31.0 Å². The van der Waals surface area contributed by atoms with Crippen molar-refractivity contribution in [1.29, 1.82) is 0 Å². The van der Waals surface area contributed by atoms with E-state index in [2.05, 4.69) is 35.8 Å². The molecule has 0 radical (unpaired) electrons. The number of para-hydroxylation sites is 1. The lowest BCUT2D eigenvalue weighted by Crippen LogP contribution is -2.36. The van der Waals surface area contributed by atoms with Gasteiger partial charge >= 0.3 is 0 Å². The van der Waals surface area contributed by atoms with E-state index in [-0.39, 0.29) is 11.8 Å². The number of hydrogen-bond acceptors (Lipinski definition) is 2. The van der Waals surface area contributed by atoms with Gasteiger partial charge in [-0.2, -0.15) is 0 Å². The van der Waals surface area contributed by atoms with Crippen LogP contribution >= 0.6 is 15.9 Å². The zero-order valence-electron chi connectivity index (χ0n) is 18.6. The lowest BCUT2D eigenvalue weighted by atomic mass is 10.0. The zero-order chi connectivity index (χ0) is 22.2. The van der Waals surface area contributed by atoms with Crippen LogP contribution in [0.5, 0.6) is 0 Å². The molecule has 0 N–H and O–H groups in total. The number of anilines is 1. The van der Waals surface area contributed by atoms with E-state index in [0.717, 1.165) is 54.4 Å². The number of rotatable bonds is 3. The maximum atomic E-state index is 13.4. The second-order valence-corrected chi connectivity index (χ2v) is 9.60. The summed E-state index contributed by atoms with van der Waals surface area (Å²) >= 11 is 3.53. The fraction of sp³-hybridized carbons (Fsp3) is 0.462. The van der Waals surface area contributed by atoms with Crippen LogP contribution in [0.25, 0.3) is 0 Å². The Balaban J connectivity index is 1.95. The molecule has 2 amide bonds. The third kappa shape index (κ3) is 6.42. The standard InChI is InChI=1S/C26H33BrN2O2/c1-20(2)18-25(30)29-17-11-5-3-4-10-16-28(19-21-12-6-9-15-24(21)29)26(31)22-13-7-8-14-23(22)27/h6-9,12-15,20H,3-5,10-11,16-19H2,1-2H3. The molecule has 3 rings (SSSR count). The topological polar surface area (TPSA) is 40.6 Å². The van der Waals surface area contributed by atoms with Crippen LogP contribution in [0.1, 0.15) is 68.3 Å². The molecule has 1 heterocycles. The largest absolute Gasteiger partial charge is 0.334 e. The molecule has 0 aromatic heterocycles. The van der Waals surface area contributed by atoms with Gasteiger partial charge in [-0.25, -0.2) is 0 Å². The number of hydrogen-bond donors (Lipinski definition) is 0. The van der Waals surface area contributed by atoms with Crippen molar-refractivity contribution in [2.24, 2.45) is 5.92 Å². The highest BCUT2D eigenvalue weighted by Crippen LogP contribution is 2.27. The highest BCUT2D eigenvalue weighted by molar-refractivity contribution is 9.10. The van der Waals surface area contributed by atoms with Crippen molar-refractivity contribution >= 4 is 33.4 Å². The quantitative estimate of drug-likeness (QED) is 0.503. The Morgan fingerprint density at radius 2 is 1.55 bits per heavy atom. The Labute approximate surface area is 194 Å². The van der Waals surface area contributed by atoms with Gasteiger partial charge in [-0.1, -0.05) is 63.4 Å². The first-order valence-electron chi connectivity index (χ1n) is 11.4. The van der Waals surface area contributed by atoms with E-state index in [1.54, 1.807) is 0 Å². The monoisotopic (exact) mass is 484 g/mol. The predicted molar refractivity (Wildman–Crippen MR) is 130 cm³/mol. The van der Waals surface area contributed by atoms with Gasteiger partial charge in [0.05, 0.1) is 5.56 Å². The summed E-state index contributed by atoms with van der Waals surface area (Å²) in [5, 5.41) is 0. The molecule has 0 bridgehead atoms. The fourth-order valence-corrected chi connectivity index (χ4v) is 4.57. The summed E-state index contributed by atoms with van der Waals surface area (Å²) in [4.78, 5) is 30.4. The highest BCUT2D eigenvalue weighted by Gasteiger charge is 2.23. The van der Waals surface area contributed by atoms with E-state index < -0.39 is 0 Å². The van der Waals surface area contributed by atoms with E-state index in [1.165, 1.54) is 0 Å². The molecule has 31 heavy (non-hydrogen) atoms. The lowest BCUT2D eigenvalue weighted by Gasteiger charge is -2.30. The number of halogens is 1. The molecule has 0 unspecified atom stereocenters. The van der Waals surface area contributed by atoms with Crippen molar-refractivity contribution in [3.63, 3.8) is 0 Å². The van der Waals surface area contributed by atoms with E-state index in [9.17, 15) is 9.59 Å². The van der Waals surface area contributed by atoms with Crippen LogP contribution < -0.4 is 4.90 Å². The molecular weight excluding hydrogens is 452 g/mol. The third-order valence-electron chi connectivity index (χ3n) is 5.73. The average Bonchev–Trinajstić information content (AvgIpc) is 2.73. The Kier molecular flexibility index (Phi) is 8.70. The van der Waals surface area contributed by atoms with Crippen molar-refractivity contribution in [1.82, 2.24) is 4.90 Å². The average molecular weight is 485 g/mol. The molecule has 5 heteroatoms. The predicted octanol–water partition coefficient (Wildman–Crippen LogP) is 6.43. The molecule has 0 spiro atoms. The molecule has 1 aliphatic heterocycles. The number of nitrogens with zero attached hydrogens (tertiary/aromatic N) is 2. The Hall–Kier alpha value is -2.14. The fourth-order valence-electron chi connectivity index (χ4n) is 4.11. The van der Waals surface area contributed by atoms with Crippen LogP contribution in [0.4, 0.5) is 5.69 Å². The minimum Gasteiger partial charge on any atom is -0.334 e. The third-order valence-corrected chi connectivity index (χ3v) is 6.42. The van der Waals surface area contributed by atoms with E-state index in [1.807, 2.05) is 52.3 Å². The van der Waals surface area contributed by atoms with Crippen LogP contribution in [0.2, 0.25) is 0 Å². The van der Waals surface area contributed by atoms with Crippen molar-refractivity contribution in [3.05, 3.63) is 64.1 Å². The minimum absolute atomic E-state index is 0.0272. The summed E-state index contributed by atoms with van der Waals surface area (Å²) in [7, 11) is 0. The van der Waals surface area contributed by atoms with E-state index in [4.69, 9.17) is 0 Å². The maximum absolute atomic E-state index is 13.4. The molecule has 0 saturated heterocycles. The Morgan fingerprint density at radius 3 is 2.29 bits per heavy atom. The van der Waals surface area contributed by atoms with Crippen molar-refractivity contribution in [2.75, 3.05) is 18.0 Å². The lowest BCUT2D eigenvalue weighted by molar-refractivity contribution is -0.119. The summed E-state index contributed by atoms with van der Waals surface area (Å²) in [5.74, 6) is 0.511. The van der Waals surface area contributed by atoms with Gasteiger partial charge in [-0.05, 0) is 58.5 Å². The van der Waals surface area contributed by atoms with Gasteiger partial charge in [0.15, 0.2) is 0 Å². The van der Waals surface area contributed by atoms with Crippen molar-refractivity contribution in [3.8, 4) is 0 Å².